The highest BCUT2D eigenvalue weighted by Gasteiger charge is 2.16. The molecule has 6 heteroatoms. The number of hydrogen-bond acceptors (Lipinski definition) is 3. The lowest BCUT2D eigenvalue weighted by Gasteiger charge is -2.13. The largest absolute Gasteiger partial charge is 0.354 e. The van der Waals surface area contributed by atoms with Crippen molar-refractivity contribution >= 4 is 23.4 Å². The molecule has 0 spiro atoms. The number of halogens is 1. The number of carbonyl (C=O) groups is 2. The van der Waals surface area contributed by atoms with Gasteiger partial charge in [0.05, 0.1) is 0 Å². The first kappa shape index (κ1) is 14.4. The van der Waals surface area contributed by atoms with Crippen molar-refractivity contribution in [3.63, 3.8) is 0 Å². The van der Waals surface area contributed by atoms with Crippen molar-refractivity contribution in [3.8, 4) is 0 Å². The molecule has 1 unspecified atom stereocenters. The molecule has 0 saturated carbocycles. The summed E-state index contributed by atoms with van der Waals surface area (Å²) in [5.41, 5.74) is 0.192. The van der Waals surface area contributed by atoms with Gasteiger partial charge in [-0.05, 0) is 25.5 Å². The van der Waals surface area contributed by atoms with E-state index in [0.717, 1.165) is 6.42 Å². The van der Waals surface area contributed by atoms with Gasteiger partial charge in [-0.25, -0.2) is 4.98 Å². The maximum atomic E-state index is 11.8. The van der Waals surface area contributed by atoms with Crippen molar-refractivity contribution in [3.05, 3.63) is 29.0 Å². The predicted octanol–water partition coefficient (Wildman–Crippen LogP) is 1.38. The van der Waals surface area contributed by atoms with E-state index < -0.39 is 11.9 Å². The first-order valence-electron chi connectivity index (χ1n) is 5.75. The van der Waals surface area contributed by atoms with Crippen LogP contribution in [-0.2, 0) is 4.79 Å². The van der Waals surface area contributed by atoms with Crippen molar-refractivity contribution in [2.45, 2.75) is 26.3 Å². The molecular weight excluding hydrogens is 254 g/mol. The van der Waals surface area contributed by atoms with Crippen LogP contribution in [0.5, 0.6) is 0 Å². The molecule has 2 amide bonds. The fourth-order valence-electron chi connectivity index (χ4n) is 1.27. The fraction of sp³-hybridized carbons (Fsp3) is 0.417. The zero-order valence-corrected chi connectivity index (χ0v) is 11.1. The molecule has 0 saturated heterocycles. The third-order valence-corrected chi connectivity index (χ3v) is 2.45. The second-order valence-corrected chi connectivity index (χ2v) is 4.22. The minimum atomic E-state index is -0.607. The van der Waals surface area contributed by atoms with Crippen molar-refractivity contribution < 1.29 is 9.59 Å². The van der Waals surface area contributed by atoms with E-state index in [2.05, 4.69) is 15.6 Å². The van der Waals surface area contributed by atoms with Crippen LogP contribution in [0.3, 0.4) is 0 Å². The molecule has 1 aromatic heterocycles. The highest BCUT2D eigenvalue weighted by molar-refractivity contribution is 6.29. The minimum Gasteiger partial charge on any atom is -0.354 e. The smallest absolute Gasteiger partial charge is 0.270 e. The molecule has 0 aliphatic heterocycles. The Balaban J connectivity index is 2.56. The van der Waals surface area contributed by atoms with Crippen LogP contribution in [0.4, 0.5) is 0 Å². The van der Waals surface area contributed by atoms with Gasteiger partial charge >= 0.3 is 0 Å². The second-order valence-electron chi connectivity index (χ2n) is 3.83. The number of hydrogen-bond donors (Lipinski definition) is 2. The second kappa shape index (κ2) is 6.96. The van der Waals surface area contributed by atoms with Gasteiger partial charge in [0.2, 0.25) is 5.91 Å². The Bertz CT molecular complexity index is 437. The van der Waals surface area contributed by atoms with Gasteiger partial charge in [0.25, 0.3) is 5.91 Å². The van der Waals surface area contributed by atoms with Gasteiger partial charge < -0.3 is 10.6 Å². The Morgan fingerprint density at radius 1 is 1.44 bits per heavy atom. The van der Waals surface area contributed by atoms with Gasteiger partial charge in [-0.1, -0.05) is 24.6 Å². The maximum absolute atomic E-state index is 11.8. The van der Waals surface area contributed by atoms with E-state index in [1.807, 2.05) is 6.92 Å². The topological polar surface area (TPSA) is 71.1 Å². The molecule has 1 heterocycles. The SMILES string of the molecule is CCCNC(=O)C(C)NC(=O)c1cccc(Cl)n1. The van der Waals surface area contributed by atoms with Gasteiger partial charge in [-0.3, -0.25) is 9.59 Å². The number of nitrogens with one attached hydrogen (secondary N) is 2. The molecule has 0 fully saturated rings. The van der Waals surface area contributed by atoms with Gasteiger partial charge in [-0.15, -0.1) is 0 Å². The molecule has 0 bridgehead atoms. The molecule has 18 heavy (non-hydrogen) atoms. The summed E-state index contributed by atoms with van der Waals surface area (Å²) in [5.74, 6) is -0.635. The Labute approximate surface area is 111 Å². The van der Waals surface area contributed by atoms with Crippen LogP contribution in [0.15, 0.2) is 18.2 Å². The van der Waals surface area contributed by atoms with Crippen LogP contribution in [0.2, 0.25) is 5.15 Å². The van der Waals surface area contributed by atoms with E-state index in [1.54, 1.807) is 19.1 Å². The predicted molar refractivity (Wildman–Crippen MR) is 69.5 cm³/mol. The summed E-state index contributed by atoms with van der Waals surface area (Å²) < 4.78 is 0. The van der Waals surface area contributed by atoms with Gasteiger partial charge in [0.15, 0.2) is 0 Å². The van der Waals surface area contributed by atoms with Crippen LogP contribution in [0, 0.1) is 0 Å². The molecule has 98 valence electrons. The molecular formula is C12H16ClN3O2. The zero-order valence-electron chi connectivity index (χ0n) is 10.4. The summed E-state index contributed by atoms with van der Waals surface area (Å²) in [6.07, 6.45) is 0.849. The number of nitrogens with zero attached hydrogens (tertiary/aromatic N) is 1. The normalized spacial score (nSPS) is 11.7. The highest BCUT2D eigenvalue weighted by Crippen LogP contribution is 2.05. The Hall–Kier alpha value is -1.62. The third kappa shape index (κ3) is 4.33. The highest BCUT2D eigenvalue weighted by atomic mass is 35.5. The monoisotopic (exact) mass is 269 g/mol. The number of amides is 2. The molecule has 5 nitrogen and oxygen atoms in total. The van der Waals surface area contributed by atoms with Crippen LogP contribution >= 0.6 is 11.6 Å². The van der Waals surface area contributed by atoms with Gasteiger partial charge in [-0.2, -0.15) is 0 Å². The molecule has 1 aromatic rings. The molecule has 0 aliphatic carbocycles. The lowest BCUT2D eigenvalue weighted by Crippen LogP contribution is -2.45. The Morgan fingerprint density at radius 3 is 2.78 bits per heavy atom. The number of aromatic nitrogens is 1. The number of pyridine rings is 1. The van der Waals surface area contributed by atoms with Crippen LogP contribution < -0.4 is 10.6 Å². The average Bonchev–Trinajstić information content (AvgIpc) is 2.35. The van der Waals surface area contributed by atoms with Gasteiger partial charge in [0, 0.05) is 6.54 Å². The molecule has 0 aliphatic rings. The van der Waals surface area contributed by atoms with Gasteiger partial charge in [0.1, 0.15) is 16.9 Å². The summed E-state index contributed by atoms with van der Waals surface area (Å²) in [7, 11) is 0. The summed E-state index contributed by atoms with van der Waals surface area (Å²) >= 11 is 5.69. The van der Waals surface area contributed by atoms with E-state index >= 15 is 0 Å². The molecule has 1 rings (SSSR count). The third-order valence-electron chi connectivity index (χ3n) is 2.24. The lowest BCUT2D eigenvalue weighted by molar-refractivity contribution is -0.122. The number of rotatable bonds is 5. The van der Waals surface area contributed by atoms with E-state index in [0.29, 0.717) is 6.54 Å². The zero-order chi connectivity index (χ0) is 13.5. The molecule has 0 aromatic carbocycles. The van der Waals surface area contributed by atoms with E-state index in [4.69, 9.17) is 11.6 Å². The molecule has 1 atom stereocenters. The van der Waals surface area contributed by atoms with E-state index in [9.17, 15) is 9.59 Å². The van der Waals surface area contributed by atoms with Crippen LogP contribution in [0.1, 0.15) is 30.8 Å². The minimum absolute atomic E-state index is 0.192. The van der Waals surface area contributed by atoms with Crippen LogP contribution in [-0.4, -0.2) is 29.4 Å². The molecule has 0 radical (unpaired) electrons. The van der Waals surface area contributed by atoms with Crippen molar-refractivity contribution in [1.29, 1.82) is 0 Å². The Kier molecular flexibility index (Phi) is 5.58. The van der Waals surface area contributed by atoms with E-state index in [-0.39, 0.29) is 16.8 Å². The van der Waals surface area contributed by atoms with Crippen molar-refractivity contribution in [1.82, 2.24) is 15.6 Å². The quantitative estimate of drug-likeness (QED) is 0.794. The summed E-state index contributed by atoms with van der Waals surface area (Å²) in [4.78, 5) is 27.2. The first-order valence-corrected chi connectivity index (χ1v) is 6.13. The van der Waals surface area contributed by atoms with Crippen molar-refractivity contribution in [2.24, 2.45) is 0 Å². The standard InChI is InChI=1S/C12H16ClN3O2/c1-3-7-14-11(17)8(2)15-12(18)9-5-4-6-10(13)16-9/h4-6,8H,3,7H2,1-2H3,(H,14,17)(H,15,18). The van der Waals surface area contributed by atoms with Crippen LogP contribution in [0.25, 0.3) is 0 Å². The number of carbonyl (C=O) groups excluding carboxylic acids is 2. The average molecular weight is 270 g/mol. The molecule has 2 N–H and O–H groups in total. The fourth-order valence-corrected chi connectivity index (χ4v) is 1.44. The summed E-state index contributed by atoms with van der Waals surface area (Å²) in [6.45, 7) is 4.17. The maximum Gasteiger partial charge on any atom is 0.270 e. The summed E-state index contributed by atoms with van der Waals surface area (Å²) in [5, 5.41) is 5.50. The van der Waals surface area contributed by atoms with Crippen molar-refractivity contribution in [2.75, 3.05) is 6.54 Å². The van der Waals surface area contributed by atoms with E-state index in [1.165, 1.54) is 6.07 Å². The Morgan fingerprint density at radius 2 is 2.17 bits per heavy atom. The summed E-state index contributed by atoms with van der Waals surface area (Å²) in [6, 6.07) is 4.14. The lowest BCUT2D eigenvalue weighted by atomic mass is 10.2. The first-order chi connectivity index (χ1) is 8.54.